The van der Waals surface area contributed by atoms with E-state index in [1.165, 1.54) is 0 Å². The van der Waals surface area contributed by atoms with E-state index in [4.69, 9.17) is 4.74 Å². The Labute approximate surface area is 118 Å². The monoisotopic (exact) mass is 276 g/mol. The summed E-state index contributed by atoms with van der Waals surface area (Å²) in [5, 5.41) is 8.55. The van der Waals surface area contributed by atoms with Gasteiger partial charge in [0.25, 0.3) is 0 Å². The molecular formula is C14H20N4O2. The second-order valence-electron chi connectivity index (χ2n) is 4.93. The zero-order valence-electron chi connectivity index (χ0n) is 12.5. The highest BCUT2D eigenvalue weighted by Gasteiger charge is 2.25. The fourth-order valence-electron chi connectivity index (χ4n) is 2.14. The first-order valence-electron chi connectivity index (χ1n) is 6.68. The molecule has 0 spiro atoms. The van der Waals surface area contributed by atoms with E-state index in [1.54, 1.807) is 29.7 Å². The van der Waals surface area contributed by atoms with Crippen LogP contribution in [0.1, 0.15) is 48.7 Å². The average Bonchev–Trinajstić information content (AvgIpc) is 3.00. The molecule has 0 radical (unpaired) electrons. The van der Waals surface area contributed by atoms with Crippen molar-refractivity contribution in [1.82, 2.24) is 19.6 Å². The Kier molecular flexibility index (Phi) is 3.92. The summed E-state index contributed by atoms with van der Waals surface area (Å²) in [4.78, 5) is 12.8. The summed E-state index contributed by atoms with van der Waals surface area (Å²) < 4.78 is 8.55. The van der Waals surface area contributed by atoms with E-state index in [1.807, 2.05) is 26.8 Å². The van der Waals surface area contributed by atoms with Gasteiger partial charge in [0.15, 0.2) is 11.4 Å². The first-order chi connectivity index (χ1) is 9.49. The minimum absolute atomic E-state index is 0.0803. The lowest BCUT2D eigenvalue weighted by molar-refractivity contribution is 0.101. The molecule has 0 saturated heterocycles. The Morgan fingerprint density at radius 3 is 2.65 bits per heavy atom. The van der Waals surface area contributed by atoms with E-state index in [0.29, 0.717) is 17.1 Å². The van der Waals surface area contributed by atoms with Crippen LogP contribution in [0.4, 0.5) is 0 Å². The molecule has 0 aliphatic rings. The predicted octanol–water partition coefficient (Wildman–Crippen LogP) is 2.00. The van der Waals surface area contributed by atoms with E-state index in [9.17, 15) is 4.79 Å². The van der Waals surface area contributed by atoms with Crippen LogP contribution in [0, 0.1) is 0 Å². The van der Waals surface area contributed by atoms with Crippen LogP contribution in [0.25, 0.3) is 0 Å². The van der Waals surface area contributed by atoms with E-state index in [0.717, 1.165) is 12.1 Å². The van der Waals surface area contributed by atoms with Crippen molar-refractivity contribution in [2.75, 3.05) is 7.11 Å². The zero-order valence-corrected chi connectivity index (χ0v) is 12.5. The molecular weight excluding hydrogens is 256 g/mol. The maximum absolute atomic E-state index is 12.8. The Morgan fingerprint density at radius 1 is 1.45 bits per heavy atom. The lowest BCUT2D eigenvalue weighted by Gasteiger charge is -2.11. The van der Waals surface area contributed by atoms with Crippen LogP contribution in [0.5, 0.6) is 5.75 Å². The number of ether oxygens (including phenoxy) is 1. The quantitative estimate of drug-likeness (QED) is 0.784. The van der Waals surface area contributed by atoms with Gasteiger partial charge in [-0.05, 0) is 26.3 Å². The maximum atomic E-state index is 12.8. The molecule has 0 aromatic carbocycles. The van der Waals surface area contributed by atoms with Crippen molar-refractivity contribution in [3.8, 4) is 5.75 Å². The van der Waals surface area contributed by atoms with Gasteiger partial charge in [-0.3, -0.25) is 14.2 Å². The van der Waals surface area contributed by atoms with Crippen molar-refractivity contribution >= 4 is 5.78 Å². The first kappa shape index (κ1) is 14.3. The first-order valence-corrected chi connectivity index (χ1v) is 6.68. The molecule has 2 aromatic heterocycles. The third-order valence-corrected chi connectivity index (χ3v) is 3.21. The molecule has 0 saturated carbocycles. The summed E-state index contributed by atoms with van der Waals surface area (Å²) in [7, 11) is 3.31. The van der Waals surface area contributed by atoms with E-state index in [-0.39, 0.29) is 11.8 Å². The minimum Gasteiger partial charge on any atom is -0.493 e. The second-order valence-corrected chi connectivity index (χ2v) is 4.93. The number of carbonyl (C=O) groups is 1. The van der Waals surface area contributed by atoms with Crippen molar-refractivity contribution in [2.45, 2.75) is 33.2 Å². The van der Waals surface area contributed by atoms with E-state index in [2.05, 4.69) is 10.2 Å². The summed E-state index contributed by atoms with van der Waals surface area (Å²) >= 11 is 0. The molecule has 2 heterocycles. The third-order valence-electron chi connectivity index (χ3n) is 3.21. The molecule has 0 unspecified atom stereocenters. The van der Waals surface area contributed by atoms with Gasteiger partial charge in [0.05, 0.1) is 19.0 Å². The van der Waals surface area contributed by atoms with Crippen LogP contribution in [0.15, 0.2) is 12.3 Å². The highest BCUT2D eigenvalue weighted by Crippen LogP contribution is 2.24. The summed E-state index contributed by atoms with van der Waals surface area (Å²) in [6.45, 7) is 5.96. The van der Waals surface area contributed by atoms with Gasteiger partial charge in [0.2, 0.25) is 5.78 Å². The smallest absolute Gasteiger partial charge is 0.232 e. The zero-order chi connectivity index (χ0) is 14.9. The van der Waals surface area contributed by atoms with Gasteiger partial charge in [-0.15, -0.1) is 0 Å². The Hall–Kier alpha value is -2.11. The van der Waals surface area contributed by atoms with E-state index < -0.39 is 0 Å². The minimum atomic E-state index is -0.122. The van der Waals surface area contributed by atoms with Gasteiger partial charge < -0.3 is 4.74 Å². The standard InChI is InChI=1S/C14H20N4O2/c1-6-10-7-11(17(4)16-10)14(19)13-12(20-5)8-15-18(13)9(2)3/h7-9H,6H2,1-5H3. The number of carbonyl (C=O) groups excluding carboxylic acids is 1. The maximum Gasteiger partial charge on any atom is 0.232 e. The lowest BCUT2D eigenvalue weighted by atomic mass is 10.1. The van der Waals surface area contributed by atoms with Gasteiger partial charge in [0.1, 0.15) is 5.69 Å². The summed E-state index contributed by atoms with van der Waals surface area (Å²) in [5.41, 5.74) is 1.90. The molecule has 0 amide bonds. The molecule has 0 bridgehead atoms. The SMILES string of the molecule is CCc1cc(C(=O)c2c(OC)cnn2C(C)C)n(C)n1. The largest absolute Gasteiger partial charge is 0.493 e. The number of aryl methyl sites for hydroxylation is 2. The molecule has 108 valence electrons. The van der Waals surface area contributed by atoms with Crippen LogP contribution < -0.4 is 4.74 Å². The third kappa shape index (κ3) is 2.33. The van der Waals surface area contributed by atoms with Crippen LogP contribution in [0.3, 0.4) is 0 Å². The molecule has 6 nitrogen and oxygen atoms in total. The number of methoxy groups -OCH3 is 1. The van der Waals surface area contributed by atoms with Crippen LogP contribution in [-0.2, 0) is 13.5 Å². The molecule has 2 aromatic rings. The van der Waals surface area contributed by atoms with Gasteiger partial charge in [0, 0.05) is 13.1 Å². The molecule has 20 heavy (non-hydrogen) atoms. The van der Waals surface area contributed by atoms with Crippen molar-refractivity contribution in [3.05, 3.63) is 29.3 Å². The summed E-state index contributed by atoms with van der Waals surface area (Å²) in [6.07, 6.45) is 2.37. The number of nitrogens with zero attached hydrogens (tertiary/aromatic N) is 4. The van der Waals surface area contributed by atoms with Gasteiger partial charge in [-0.2, -0.15) is 10.2 Å². The Balaban J connectivity index is 2.52. The number of rotatable bonds is 5. The van der Waals surface area contributed by atoms with Crippen molar-refractivity contribution in [3.63, 3.8) is 0 Å². The fourth-order valence-corrected chi connectivity index (χ4v) is 2.14. The summed E-state index contributed by atoms with van der Waals surface area (Å²) in [6, 6.07) is 1.90. The van der Waals surface area contributed by atoms with Gasteiger partial charge in [-0.1, -0.05) is 6.92 Å². The highest BCUT2D eigenvalue weighted by molar-refractivity contribution is 6.08. The Bertz CT molecular complexity index is 625. The van der Waals surface area contributed by atoms with Crippen molar-refractivity contribution in [2.24, 2.45) is 7.05 Å². The topological polar surface area (TPSA) is 61.9 Å². The number of hydrogen-bond donors (Lipinski definition) is 0. The lowest BCUT2D eigenvalue weighted by Crippen LogP contribution is -2.16. The Morgan fingerprint density at radius 2 is 2.15 bits per heavy atom. The second kappa shape index (κ2) is 5.48. The van der Waals surface area contributed by atoms with Crippen molar-refractivity contribution in [1.29, 1.82) is 0 Å². The number of ketones is 1. The van der Waals surface area contributed by atoms with Gasteiger partial charge in [-0.25, -0.2) is 0 Å². The molecule has 0 aliphatic heterocycles. The number of aromatic nitrogens is 4. The molecule has 0 aliphatic carbocycles. The van der Waals surface area contributed by atoms with Gasteiger partial charge >= 0.3 is 0 Å². The van der Waals surface area contributed by atoms with Crippen LogP contribution >= 0.6 is 0 Å². The van der Waals surface area contributed by atoms with E-state index >= 15 is 0 Å². The molecule has 0 N–H and O–H groups in total. The van der Waals surface area contributed by atoms with Crippen molar-refractivity contribution < 1.29 is 9.53 Å². The molecule has 0 fully saturated rings. The normalized spacial score (nSPS) is 11.1. The predicted molar refractivity (Wildman–Crippen MR) is 75.2 cm³/mol. The summed E-state index contributed by atoms with van der Waals surface area (Å²) in [5.74, 6) is 0.366. The molecule has 0 atom stereocenters. The van der Waals surface area contributed by atoms with Crippen LogP contribution in [-0.4, -0.2) is 32.5 Å². The van der Waals surface area contributed by atoms with Crippen LogP contribution in [0.2, 0.25) is 0 Å². The highest BCUT2D eigenvalue weighted by atomic mass is 16.5. The molecule has 6 heteroatoms. The fraction of sp³-hybridized carbons (Fsp3) is 0.500. The number of hydrogen-bond acceptors (Lipinski definition) is 4. The average molecular weight is 276 g/mol. The molecule has 2 rings (SSSR count).